The molecule has 1 rings (SSSR count). The van der Waals surface area contributed by atoms with Gasteiger partial charge < -0.3 is 20.3 Å². The first-order valence-corrected chi connectivity index (χ1v) is 6.91. The van der Waals surface area contributed by atoms with Crippen LogP contribution in [0.3, 0.4) is 0 Å². The predicted molar refractivity (Wildman–Crippen MR) is 75.8 cm³/mol. The van der Waals surface area contributed by atoms with Gasteiger partial charge in [-0.1, -0.05) is 20.8 Å². The zero-order valence-corrected chi connectivity index (χ0v) is 12.2. The van der Waals surface area contributed by atoms with Crippen molar-refractivity contribution in [1.29, 1.82) is 0 Å². The first-order valence-electron chi connectivity index (χ1n) is 6.91. The normalized spacial score (nSPS) is 21.5. The molecule has 0 aliphatic carbocycles. The van der Waals surface area contributed by atoms with Gasteiger partial charge in [0.15, 0.2) is 5.96 Å². The molecule has 2 unspecified atom stereocenters. The summed E-state index contributed by atoms with van der Waals surface area (Å²) in [6, 6.07) is 0.389. The molecule has 1 aliphatic heterocycles. The van der Waals surface area contributed by atoms with E-state index in [0.29, 0.717) is 17.9 Å². The van der Waals surface area contributed by atoms with E-state index in [1.54, 1.807) is 7.11 Å². The van der Waals surface area contributed by atoms with Crippen molar-refractivity contribution < 1.29 is 4.74 Å². The fraction of sp³-hybridized carbons (Fsp3) is 0.923. The number of nitrogens with zero attached hydrogens (tertiary/aromatic N) is 3. The summed E-state index contributed by atoms with van der Waals surface area (Å²) in [6.45, 7) is 12.3. The lowest BCUT2D eigenvalue weighted by Gasteiger charge is -2.32. The van der Waals surface area contributed by atoms with Crippen LogP contribution in [0.1, 0.15) is 20.8 Å². The molecule has 2 atom stereocenters. The van der Waals surface area contributed by atoms with Crippen LogP contribution in [0.4, 0.5) is 0 Å². The lowest BCUT2D eigenvalue weighted by Crippen LogP contribution is -2.48. The number of ether oxygens (including phenoxy) is 1. The van der Waals surface area contributed by atoms with Crippen molar-refractivity contribution in [3.63, 3.8) is 0 Å². The van der Waals surface area contributed by atoms with Gasteiger partial charge in [-0.2, -0.15) is 0 Å². The maximum atomic E-state index is 5.99. The molecule has 0 spiro atoms. The van der Waals surface area contributed by atoms with Crippen molar-refractivity contribution in [3.05, 3.63) is 0 Å². The number of aliphatic imine (C=N–C) groups is 1. The van der Waals surface area contributed by atoms with E-state index < -0.39 is 0 Å². The number of likely N-dealkylation sites (N-methyl/N-ethyl adjacent to an activating group) is 1. The summed E-state index contributed by atoms with van der Waals surface area (Å²) in [7, 11) is 1.75. The number of rotatable bonds is 8. The molecule has 0 aromatic rings. The highest BCUT2D eigenvalue weighted by molar-refractivity contribution is 5.80. The van der Waals surface area contributed by atoms with Crippen molar-refractivity contribution in [1.82, 2.24) is 9.80 Å². The smallest absolute Gasteiger partial charge is 0.191 e. The maximum Gasteiger partial charge on any atom is 0.191 e. The van der Waals surface area contributed by atoms with Gasteiger partial charge in [-0.25, -0.2) is 0 Å². The van der Waals surface area contributed by atoms with Crippen LogP contribution >= 0.6 is 0 Å². The molecule has 0 bridgehead atoms. The zero-order valence-electron chi connectivity index (χ0n) is 12.2. The highest BCUT2D eigenvalue weighted by Crippen LogP contribution is 2.17. The van der Waals surface area contributed by atoms with Crippen LogP contribution in [0.15, 0.2) is 4.99 Å². The van der Waals surface area contributed by atoms with Gasteiger partial charge in [-0.3, -0.25) is 4.99 Å². The Hall–Kier alpha value is -0.810. The summed E-state index contributed by atoms with van der Waals surface area (Å²) < 4.78 is 5.24. The van der Waals surface area contributed by atoms with Crippen LogP contribution in [-0.4, -0.2) is 68.2 Å². The summed E-state index contributed by atoms with van der Waals surface area (Å²) in [5, 5.41) is 0. The molecular formula is C13H28N4O. The monoisotopic (exact) mass is 256 g/mol. The summed E-state index contributed by atoms with van der Waals surface area (Å²) in [5.74, 6) is 1.15. The van der Waals surface area contributed by atoms with Gasteiger partial charge in [0.1, 0.15) is 0 Å². The van der Waals surface area contributed by atoms with Crippen LogP contribution in [0.25, 0.3) is 0 Å². The fourth-order valence-electron chi connectivity index (χ4n) is 2.48. The Morgan fingerprint density at radius 1 is 1.50 bits per heavy atom. The topological polar surface area (TPSA) is 54.1 Å². The molecule has 2 N–H and O–H groups in total. The minimum Gasteiger partial charge on any atom is -0.384 e. The van der Waals surface area contributed by atoms with E-state index in [0.717, 1.165) is 39.3 Å². The van der Waals surface area contributed by atoms with E-state index in [9.17, 15) is 0 Å². The van der Waals surface area contributed by atoms with E-state index in [4.69, 9.17) is 10.5 Å². The van der Waals surface area contributed by atoms with E-state index in [1.807, 2.05) is 0 Å². The van der Waals surface area contributed by atoms with Gasteiger partial charge in [0.05, 0.1) is 19.2 Å². The highest BCUT2D eigenvalue weighted by atomic mass is 16.5. The van der Waals surface area contributed by atoms with E-state index >= 15 is 0 Å². The number of nitrogens with two attached hydrogens (primary N) is 1. The number of methoxy groups -OCH3 is 1. The average molecular weight is 256 g/mol. The van der Waals surface area contributed by atoms with E-state index in [1.165, 1.54) is 0 Å². The predicted octanol–water partition coefficient (Wildman–Crippen LogP) is 0.610. The Labute approximate surface area is 111 Å². The first-order chi connectivity index (χ1) is 8.63. The Bertz CT molecular complexity index is 266. The van der Waals surface area contributed by atoms with Gasteiger partial charge >= 0.3 is 0 Å². The SMILES string of the molecule is CCN(CC)CCN1C(N)=NCC1C(C)COC. The van der Waals surface area contributed by atoms with Crippen molar-refractivity contribution in [3.8, 4) is 0 Å². The molecule has 5 heteroatoms. The van der Waals surface area contributed by atoms with Crippen LogP contribution in [0, 0.1) is 5.92 Å². The molecule has 0 aromatic carbocycles. The molecule has 0 saturated carbocycles. The van der Waals surface area contributed by atoms with Gasteiger partial charge in [0, 0.05) is 26.1 Å². The molecule has 18 heavy (non-hydrogen) atoms. The minimum absolute atomic E-state index is 0.389. The van der Waals surface area contributed by atoms with Crippen LogP contribution < -0.4 is 5.73 Å². The summed E-state index contributed by atoms with van der Waals surface area (Å²) in [5.41, 5.74) is 5.99. The van der Waals surface area contributed by atoms with Gasteiger partial charge in [0.2, 0.25) is 0 Å². The quantitative estimate of drug-likeness (QED) is 0.691. The second-order valence-corrected chi connectivity index (χ2v) is 4.92. The number of hydrogen-bond acceptors (Lipinski definition) is 5. The lowest BCUT2D eigenvalue weighted by molar-refractivity contribution is 0.116. The maximum absolute atomic E-state index is 5.99. The van der Waals surface area contributed by atoms with Gasteiger partial charge in [0.25, 0.3) is 0 Å². The molecular weight excluding hydrogens is 228 g/mol. The zero-order chi connectivity index (χ0) is 13.5. The van der Waals surface area contributed by atoms with Crippen LogP contribution in [-0.2, 0) is 4.74 Å². The van der Waals surface area contributed by atoms with Crippen molar-refractivity contribution >= 4 is 5.96 Å². The second kappa shape index (κ2) is 7.59. The Morgan fingerprint density at radius 3 is 2.72 bits per heavy atom. The molecule has 106 valence electrons. The average Bonchev–Trinajstić information content (AvgIpc) is 2.73. The van der Waals surface area contributed by atoms with E-state index in [2.05, 4.69) is 35.6 Å². The first kappa shape index (κ1) is 15.2. The molecule has 1 heterocycles. The Balaban J connectivity index is 2.51. The number of guanidine groups is 1. The standard InChI is InChI=1S/C13H28N4O/c1-5-16(6-2)7-8-17-12(9-15-13(17)14)11(3)10-18-4/h11-12H,5-10H2,1-4H3,(H2,14,15). The molecule has 0 fully saturated rings. The van der Waals surface area contributed by atoms with E-state index in [-0.39, 0.29) is 0 Å². The van der Waals surface area contributed by atoms with Crippen LogP contribution in [0.2, 0.25) is 0 Å². The Morgan fingerprint density at radius 2 is 2.17 bits per heavy atom. The van der Waals surface area contributed by atoms with Crippen molar-refractivity contribution in [2.24, 2.45) is 16.6 Å². The fourth-order valence-corrected chi connectivity index (χ4v) is 2.48. The van der Waals surface area contributed by atoms with Crippen LogP contribution in [0.5, 0.6) is 0 Å². The Kier molecular flexibility index (Phi) is 6.43. The summed E-state index contributed by atoms with van der Waals surface area (Å²) in [6.07, 6.45) is 0. The lowest BCUT2D eigenvalue weighted by atomic mass is 10.0. The third-order valence-corrected chi connectivity index (χ3v) is 3.77. The molecule has 0 aromatic heterocycles. The largest absolute Gasteiger partial charge is 0.384 e. The third kappa shape index (κ3) is 3.85. The minimum atomic E-state index is 0.389. The molecule has 1 aliphatic rings. The number of hydrogen-bond donors (Lipinski definition) is 1. The molecule has 5 nitrogen and oxygen atoms in total. The second-order valence-electron chi connectivity index (χ2n) is 4.92. The van der Waals surface area contributed by atoms with Crippen molar-refractivity contribution in [2.45, 2.75) is 26.8 Å². The molecule has 0 radical (unpaired) electrons. The summed E-state index contributed by atoms with van der Waals surface area (Å²) >= 11 is 0. The summed E-state index contributed by atoms with van der Waals surface area (Å²) in [4.78, 5) is 9.02. The van der Waals surface area contributed by atoms with Gasteiger partial charge in [-0.05, 0) is 13.1 Å². The highest BCUT2D eigenvalue weighted by Gasteiger charge is 2.30. The van der Waals surface area contributed by atoms with Crippen molar-refractivity contribution in [2.75, 3.05) is 46.4 Å². The molecule has 0 saturated heterocycles. The van der Waals surface area contributed by atoms with Gasteiger partial charge in [-0.15, -0.1) is 0 Å². The third-order valence-electron chi connectivity index (χ3n) is 3.77. The molecule has 0 amide bonds.